The second-order valence-electron chi connectivity index (χ2n) is 0.927. The molecule has 0 fully saturated rings. The van der Waals surface area contributed by atoms with Crippen LogP contribution in [0.5, 0.6) is 0 Å². The molecule has 0 rings (SSSR count). The zero-order chi connectivity index (χ0) is 5.54. The Labute approximate surface area is 43.8 Å². The molecule has 0 radical (unpaired) electrons. The van der Waals surface area contributed by atoms with Gasteiger partial charge < -0.3 is 0 Å². The van der Waals surface area contributed by atoms with Crippen LogP contribution in [-0.2, 0) is 0 Å². The first kappa shape index (κ1) is 5.97. The summed E-state index contributed by atoms with van der Waals surface area (Å²) in [6.07, 6.45) is 9.69. The van der Waals surface area contributed by atoms with Gasteiger partial charge in [-0.15, -0.1) is 6.42 Å². The van der Waals surface area contributed by atoms with Gasteiger partial charge in [0.1, 0.15) is 0 Å². The monoisotopic (exact) mass is 93.1 g/mol. The van der Waals surface area contributed by atoms with Crippen molar-refractivity contribution in [2.45, 2.75) is 6.92 Å². The molecule has 0 heterocycles. The number of hydrogen-bond donors (Lipinski definition) is 0. The SMILES string of the molecule is C#C/C=N\C=C/C. The van der Waals surface area contributed by atoms with Crippen LogP contribution in [0.1, 0.15) is 6.92 Å². The minimum absolute atomic E-state index is 1.40. The second-order valence-corrected chi connectivity index (χ2v) is 0.927. The van der Waals surface area contributed by atoms with E-state index in [4.69, 9.17) is 6.42 Å². The molecular weight excluding hydrogens is 86.1 g/mol. The van der Waals surface area contributed by atoms with Gasteiger partial charge in [0.2, 0.25) is 0 Å². The topological polar surface area (TPSA) is 12.4 Å². The van der Waals surface area contributed by atoms with Crippen molar-refractivity contribution >= 4 is 6.21 Å². The molecule has 1 heteroatoms. The van der Waals surface area contributed by atoms with Crippen molar-refractivity contribution in [3.05, 3.63) is 12.3 Å². The maximum absolute atomic E-state index is 4.84. The minimum Gasteiger partial charge on any atom is -0.256 e. The summed E-state index contributed by atoms with van der Waals surface area (Å²) in [7, 11) is 0. The van der Waals surface area contributed by atoms with Gasteiger partial charge in [0.05, 0.1) is 6.21 Å². The molecule has 0 saturated carbocycles. The van der Waals surface area contributed by atoms with Crippen molar-refractivity contribution in [3.63, 3.8) is 0 Å². The Bertz CT molecular complexity index is 115. The van der Waals surface area contributed by atoms with Crippen LogP contribution in [0.2, 0.25) is 0 Å². The summed E-state index contributed by atoms with van der Waals surface area (Å²) < 4.78 is 0. The lowest BCUT2D eigenvalue weighted by Gasteiger charge is -1.64. The summed E-state index contributed by atoms with van der Waals surface area (Å²) in [4.78, 5) is 3.67. The maximum atomic E-state index is 4.84. The molecule has 7 heavy (non-hydrogen) atoms. The summed E-state index contributed by atoms with van der Waals surface area (Å²) in [5.74, 6) is 2.26. The molecule has 0 aliphatic carbocycles. The molecule has 0 N–H and O–H groups in total. The molecule has 0 unspecified atom stereocenters. The average molecular weight is 93.1 g/mol. The van der Waals surface area contributed by atoms with Crippen molar-refractivity contribution in [3.8, 4) is 12.3 Å². The average Bonchev–Trinajstić information content (AvgIpc) is 1.69. The quantitative estimate of drug-likeness (QED) is 0.341. The van der Waals surface area contributed by atoms with E-state index < -0.39 is 0 Å². The molecule has 0 spiro atoms. The van der Waals surface area contributed by atoms with Gasteiger partial charge in [-0.05, 0) is 6.92 Å². The third kappa shape index (κ3) is 4.97. The van der Waals surface area contributed by atoms with Crippen molar-refractivity contribution < 1.29 is 0 Å². The van der Waals surface area contributed by atoms with E-state index in [9.17, 15) is 0 Å². The van der Waals surface area contributed by atoms with Crippen LogP contribution in [0.15, 0.2) is 17.3 Å². The van der Waals surface area contributed by atoms with Gasteiger partial charge in [-0.3, -0.25) is 4.99 Å². The second kappa shape index (κ2) is 4.97. The van der Waals surface area contributed by atoms with Gasteiger partial charge >= 0.3 is 0 Å². The van der Waals surface area contributed by atoms with Gasteiger partial charge in [-0.25, -0.2) is 0 Å². The highest BCUT2D eigenvalue weighted by molar-refractivity contribution is 5.77. The third-order valence-electron chi connectivity index (χ3n) is 0.384. The van der Waals surface area contributed by atoms with E-state index >= 15 is 0 Å². The zero-order valence-electron chi connectivity index (χ0n) is 4.26. The number of terminal acetylenes is 1. The molecule has 0 aromatic carbocycles. The Morgan fingerprint density at radius 1 is 1.71 bits per heavy atom. The first-order chi connectivity index (χ1) is 3.41. The smallest absolute Gasteiger partial charge is 0.0763 e. The van der Waals surface area contributed by atoms with Crippen molar-refractivity contribution in [2.75, 3.05) is 0 Å². The fourth-order valence-electron chi connectivity index (χ4n) is 0.172. The van der Waals surface area contributed by atoms with E-state index in [0.29, 0.717) is 0 Å². The number of rotatable bonds is 1. The van der Waals surface area contributed by atoms with Crippen molar-refractivity contribution in [1.82, 2.24) is 0 Å². The minimum atomic E-state index is 1.40. The maximum Gasteiger partial charge on any atom is 0.0763 e. The molecule has 1 nitrogen and oxygen atoms in total. The van der Waals surface area contributed by atoms with E-state index in [1.54, 1.807) is 6.20 Å². The van der Waals surface area contributed by atoms with E-state index in [0.717, 1.165) is 0 Å². The summed E-state index contributed by atoms with van der Waals surface area (Å²) in [5.41, 5.74) is 0. The molecule has 0 amide bonds. The van der Waals surface area contributed by atoms with Crippen LogP contribution in [0, 0.1) is 12.3 Å². The predicted octanol–water partition coefficient (Wildman–Crippen LogP) is 1.22. The first-order valence-corrected chi connectivity index (χ1v) is 2.00. The number of hydrogen-bond acceptors (Lipinski definition) is 1. The third-order valence-corrected chi connectivity index (χ3v) is 0.384. The molecule has 0 aliphatic heterocycles. The van der Waals surface area contributed by atoms with Crippen LogP contribution in [-0.4, -0.2) is 6.21 Å². The lowest BCUT2D eigenvalue weighted by Crippen LogP contribution is -1.55. The fraction of sp³-hybridized carbons (Fsp3) is 0.167. The normalized spacial score (nSPS) is 10.3. The highest BCUT2D eigenvalue weighted by atomic mass is 14.6. The van der Waals surface area contributed by atoms with Gasteiger partial charge in [-0.1, -0.05) is 12.0 Å². The van der Waals surface area contributed by atoms with Crippen LogP contribution in [0.4, 0.5) is 0 Å². The van der Waals surface area contributed by atoms with E-state index in [-0.39, 0.29) is 0 Å². The van der Waals surface area contributed by atoms with Crippen LogP contribution < -0.4 is 0 Å². The summed E-state index contributed by atoms with van der Waals surface area (Å²) in [5, 5.41) is 0. The Hall–Kier alpha value is -1.03. The Morgan fingerprint density at radius 3 is 2.86 bits per heavy atom. The standard InChI is InChI=1S/C6H7N/c1-3-5-7-6-4-2/h1,4-6H,2H3/b6-4-,7-5-. The highest BCUT2D eigenvalue weighted by Gasteiger charge is 1.51. The molecule has 0 aromatic rings. The molecule has 0 aliphatic rings. The van der Waals surface area contributed by atoms with Crippen molar-refractivity contribution in [1.29, 1.82) is 0 Å². The zero-order valence-corrected chi connectivity index (χ0v) is 4.26. The van der Waals surface area contributed by atoms with Gasteiger partial charge in [0.25, 0.3) is 0 Å². The van der Waals surface area contributed by atoms with E-state index in [2.05, 4.69) is 10.9 Å². The highest BCUT2D eigenvalue weighted by Crippen LogP contribution is 1.67. The number of nitrogens with zero attached hydrogens (tertiary/aromatic N) is 1. The molecular formula is C6H7N. The largest absolute Gasteiger partial charge is 0.256 e. The number of aliphatic imine (C=N–C) groups is 1. The van der Waals surface area contributed by atoms with Gasteiger partial charge in [-0.2, -0.15) is 0 Å². The Kier molecular flexibility index (Phi) is 4.24. The summed E-state index contributed by atoms with van der Waals surface area (Å²) >= 11 is 0. The summed E-state index contributed by atoms with van der Waals surface area (Å²) in [6, 6.07) is 0. The molecule has 0 atom stereocenters. The summed E-state index contributed by atoms with van der Waals surface area (Å²) in [6.45, 7) is 1.88. The lowest BCUT2D eigenvalue weighted by atomic mass is 10.7. The van der Waals surface area contributed by atoms with Crippen LogP contribution in [0.3, 0.4) is 0 Å². The fourth-order valence-corrected chi connectivity index (χ4v) is 0.172. The molecule has 36 valence electrons. The predicted molar refractivity (Wildman–Crippen MR) is 32.1 cm³/mol. The Balaban J connectivity index is 3.33. The molecule has 0 bridgehead atoms. The van der Waals surface area contributed by atoms with E-state index in [1.807, 2.05) is 13.0 Å². The van der Waals surface area contributed by atoms with Crippen molar-refractivity contribution in [2.24, 2.45) is 4.99 Å². The van der Waals surface area contributed by atoms with Gasteiger partial charge in [0.15, 0.2) is 0 Å². The van der Waals surface area contributed by atoms with Gasteiger partial charge in [0, 0.05) is 6.20 Å². The Morgan fingerprint density at radius 2 is 2.43 bits per heavy atom. The van der Waals surface area contributed by atoms with Crippen LogP contribution >= 0.6 is 0 Å². The van der Waals surface area contributed by atoms with E-state index in [1.165, 1.54) is 6.21 Å². The van der Waals surface area contributed by atoms with Crippen LogP contribution in [0.25, 0.3) is 0 Å². The molecule has 0 aromatic heterocycles. The lowest BCUT2D eigenvalue weighted by molar-refractivity contribution is 1.55. The first-order valence-electron chi connectivity index (χ1n) is 2.00. The number of allylic oxidation sites excluding steroid dienone is 1. The molecule has 0 saturated heterocycles.